The molecule has 0 amide bonds. The minimum absolute atomic E-state index is 0.568. The summed E-state index contributed by atoms with van der Waals surface area (Å²) in [6, 6.07) is 7.91. The number of aryl methyl sites for hydroxylation is 1. The third kappa shape index (κ3) is 2.10. The Hall–Kier alpha value is -1.32. The summed E-state index contributed by atoms with van der Waals surface area (Å²) in [5.41, 5.74) is 1.97. The number of furan rings is 1. The van der Waals surface area contributed by atoms with Crippen molar-refractivity contribution in [1.82, 2.24) is 4.90 Å². The SMILES string of the molecule is Cc1cccc2cc(C(O)CN(C)C)oc12. The molecule has 1 aromatic heterocycles. The summed E-state index contributed by atoms with van der Waals surface area (Å²) in [5.74, 6) is 0.637. The van der Waals surface area contributed by atoms with Crippen LogP contribution in [-0.4, -0.2) is 30.6 Å². The largest absolute Gasteiger partial charge is 0.458 e. The van der Waals surface area contributed by atoms with E-state index >= 15 is 0 Å². The van der Waals surface area contributed by atoms with Crippen LogP contribution >= 0.6 is 0 Å². The number of fused-ring (bicyclic) bond motifs is 1. The number of aliphatic hydroxyl groups excluding tert-OH is 1. The van der Waals surface area contributed by atoms with Gasteiger partial charge in [0.15, 0.2) is 0 Å². The van der Waals surface area contributed by atoms with Gasteiger partial charge in [0.2, 0.25) is 0 Å². The Morgan fingerprint density at radius 2 is 2.12 bits per heavy atom. The van der Waals surface area contributed by atoms with Crippen molar-refractivity contribution in [3.63, 3.8) is 0 Å². The molecule has 1 N–H and O–H groups in total. The molecule has 1 unspecified atom stereocenters. The average Bonchev–Trinajstić information content (AvgIpc) is 2.61. The standard InChI is InChI=1S/C13H17NO2/c1-9-5-4-6-10-7-12(16-13(9)10)11(15)8-14(2)3/h4-7,11,15H,8H2,1-3H3. The third-order valence-corrected chi connectivity index (χ3v) is 2.63. The molecule has 0 spiro atoms. The molecular weight excluding hydrogens is 202 g/mol. The summed E-state index contributed by atoms with van der Waals surface area (Å²) >= 11 is 0. The van der Waals surface area contributed by atoms with Crippen molar-refractivity contribution in [3.05, 3.63) is 35.6 Å². The Morgan fingerprint density at radius 3 is 2.75 bits per heavy atom. The molecule has 1 heterocycles. The first kappa shape index (κ1) is 11.2. The lowest BCUT2D eigenvalue weighted by Crippen LogP contribution is -2.19. The molecule has 2 aromatic rings. The fourth-order valence-electron chi connectivity index (χ4n) is 1.83. The van der Waals surface area contributed by atoms with E-state index in [2.05, 4.69) is 0 Å². The fourth-order valence-corrected chi connectivity index (χ4v) is 1.83. The maximum atomic E-state index is 9.95. The number of hydrogen-bond acceptors (Lipinski definition) is 3. The number of benzene rings is 1. The van der Waals surface area contributed by atoms with Crippen LogP contribution < -0.4 is 0 Å². The summed E-state index contributed by atoms with van der Waals surface area (Å²) in [5, 5.41) is 11.0. The monoisotopic (exact) mass is 219 g/mol. The van der Waals surface area contributed by atoms with Crippen LogP contribution in [0.25, 0.3) is 11.0 Å². The normalized spacial score (nSPS) is 13.6. The predicted molar refractivity (Wildman–Crippen MR) is 64.5 cm³/mol. The fraction of sp³-hybridized carbons (Fsp3) is 0.385. The highest BCUT2D eigenvalue weighted by Gasteiger charge is 2.14. The van der Waals surface area contributed by atoms with Crippen molar-refractivity contribution in [1.29, 1.82) is 0 Å². The van der Waals surface area contributed by atoms with Crippen molar-refractivity contribution in [3.8, 4) is 0 Å². The number of likely N-dealkylation sites (N-methyl/N-ethyl adjacent to an activating group) is 1. The highest BCUT2D eigenvalue weighted by atomic mass is 16.4. The van der Waals surface area contributed by atoms with E-state index in [0.29, 0.717) is 12.3 Å². The Morgan fingerprint density at radius 1 is 1.38 bits per heavy atom. The molecule has 1 atom stereocenters. The van der Waals surface area contributed by atoms with E-state index in [0.717, 1.165) is 16.5 Å². The molecule has 86 valence electrons. The van der Waals surface area contributed by atoms with E-state index in [1.54, 1.807) is 0 Å². The number of hydrogen-bond donors (Lipinski definition) is 1. The van der Waals surface area contributed by atoms with Gasteiger partial charge in [0.05, 0.1) is 0 Å². The van der Waals surface area contributed by atoms with Crippen LogP contribution in [0.4, 0.5) is 0 Å². The van der Waals surface area contributed by atoms with Crippen LogP contribution in [0, 0.1) is 6.92 Å². The average molecular weight is 219 g/mol. The lowest BCUT2D eigenvalue weighted by Gasteiger charge is -2.13. The number of nitrogens with zero attached hydrogens (tertiary/aromatic N) is 1. The van der Waals surface area contributed by atoms with E-state index in [1.807, 2.05) is 50.2 Å². The first-order valence-electron chi connectivity index (χ1n) is 5.40. The molecule has 0 bridgehead atoms. The van der Waals surface area contributed by atoms with Gasteiger partial charge in [-0.3, -0.25) is 0 Å². The van der Waals surface area contributed by atoms with Crippen LogP contribution in [0.1, 0.15) is 17.4 Å². The van der Waals surface area contributed by atoms with Crippen molar-refractivity contribution in [2.75, 3.05) is 20.6 Å². The van der Waals surface area contributed by atoms with Gasteiger partial charge in [0, 0.05) is 11.9 Å². The number of rotatable bonds is 3. The van der Waals surface area contributed by atoms with Gasteiger partial charge in [-0.05, 0) is 32.6 Å². The predicted octanol–water partition coefficient (Wildman–Crippen LogP) is 2.34. The van der Waals surface area contributed by atoms with Gasteiger partial charge in [0.25, 0.3) is 0 Å². The van der Waals surface area contributed by atoms with Crippen LogP contribution in [-0.2, 0) is 0 Å². The van der Waals surface area contributed by atoms with Crippen LogP contribution in [0.5, 0.6) is 0 Å². The molecule has 0 saturated heterocycles. The lowest BCUT2D eigenvalue weighted by atomic mass is 10.1. The molecule has 0 aliphatic rings. The quantitative estimate of drug-likeness (QED) is 0.860. The zero-order valence-corrected chi connectivity index (χ0v) is 9.90. The van der Waals surface area contributed by atoms with E-state index in [-0.39, 0.29) is 0 Å². The van der Waals surface area contributed by atoms with Crippen molar-refractivity contribution >= 4 is 11.0 Å². The van der Waals surface area contributed by atoms with Gasteiger partial charge in [-0.1, -0.05) is 18.2 Å². The molecule has 0 aliphatic heterocycles. The van der Waals surface area contributed by atoms with Crippen LogP contribution in [0.15, 0.2) is 28.7 Å². The van der Waals surface area contributed by atoms with Crippen LogP contribution in [0.3, 0.4) is 0 Å². The molecule has 3 heteroatoms. The van der Waals surface area contributed by atoms with Crippen molar-refractivity contribution in [2.45, 2.75) is 13.0 Å². The third-order valence-electron chi connectivity index (χ3n) is 2.63. The van der Waals surface area contributed by atoms with Crippen LogP contribution in [0.2, 0.25) is 0 Å². The summed E-state index contributed by atoms with van der Waals surface area (Å²) in [6.07, 6.45) is -0.568. The van der Waals surface area contributed by atoms with Crippen molar-refractivity contribution in [2.24, 2.45) is 0 Å². The maximum absolute atomic E-state index is 9.95. The van der Waals surface area contributed by atoms with Gasteiger partial charge in [-0.15, -0.1) is 0 Å². The Bertz CT molecular complexity index is 488. The molecule has 2 rings (SSSR count). The maximum Gasteiger partial charge on any atom is 0.137 e. The van der Waals surface area contributed by atoms with Gasteiger partial charge >= 0.3 is 0 Å². The Labute approximate surface area is 95.3 Å². The van der Waals surface area contributed by atoms with E-state index in [1.165, 1.54) is 0 Å². The zero-order chi connectivity index (χ0) is 11.7. The second-order valence-electron chi connectivity index (χ2n) is 4.42. The molecule has 0 aliphatic carbocycles. The summed E-state index contributed by atoms with van der Waals surface area (Å²) < 4.78 is 5.68. The number of aliphatic hydroxyl groups is 1. The second kappa shape index (κ2) is 4.28. The Balaban J connectivity index is 2.36. The molecule has 3 nitrogen and oxygen atoms in total. The van der Waals surface area contributed by atoms with Gasteiger partial charge < -0.3 is 14.4 Å². The topological polar surface area (TPSA) is 36.6 Å². The molecule has 0 fully saturated rings. The van der Waals surface area contributed by atoms with Gasteiger partial charge in [-0.2, -0.15) is 0 Å². The Kier molecular flexibility index (Phi) is 2.99. The molecule has 1 aromatic carbocycles. The zero-order valence-electron chi connectivity index (χ0n) is 9.90. The smallest absolute Gasteiger partial charge is 0.137 e. The summed E-state index contributed by atoms with van der Waals surface area (Å²) in [6.45, 7) is 2.58. The molecule has 0 radical (unpaired) electrons. The molecule has 16 heavy (non-hydrogen) atoms. The lowest BCUT2D eigenvalue weighted by molar-refractivity contribution is 0.117. The highest BCUT2D eigenvalue weighted by molar-refractivity contribution is 5.80. The second-order valence-corrected chi connectivity index (χ2v) is 4.42. The molecule has 0 saturated carbocycles. The van der Waals surface area contributed by atoms with Gasteiger partial charge in [-0.25, -0.2) is 0 Å². The van der Waals surface area contributed by atoms with E-state index in [4.69, 9.17) is 4.42 Å². The minimum atomic E-state index is -0.568. The minimum Gasteiger partial charge on any atom is -0.458 e. The van der Waals surface area contributed by atoms with Gasteiger partial charge in [0.1, 0.15) is 17.4 Å². The highest BCUT2D eigenvalue weighted by Crippen LogP contribution is 2.26. The number of para-hydroxylation sites is 1. The first-order valence-corrected chi connectivity index (χ1v) is 5.40. The first-order chi connectivity index (χ1) is 7.58. The summed E-state index contributed by atoms with van der Waals surface area (Å²) in [7, 11) is 3.86. The van der Waals surface area contributed by atoms with E-state index in [9.17, 15) is 5.11 Å². The molecular formula is C13H17NO2. The van der Waals surface area contributed by atoms with Crippen molar-refractivity contribution < 1.29 is 9.52 Å². The summed E-state index contributed by atoms with van der Waals surface area (Å²) in [4.78, 5) is 1.94. The van der Waals surface area contributed by atoms with E-state index < -0.39 is 6.10 Å².